The minimum atomic E-state index is -0.747. The molecule has 5 nitrogen and oxygen atoms in total. The van der Waals surface area contributed by atoms with Gasteiger partial charge >= 0.3 is 0 Å². The molecule has 0 amide bonds. The smallest absolute Gasteiger partial charge is 0.219 e. The molecule has 25 heavy (non-hydrogen) atoms. The van der Waals surface area contributed by atoms with E-state index < -0.39 is 12.3 Å². The predicted molar refractivity (Wildman–Crippen MR) is 97.0 cm³/mol. The van der Waals surface area contributed by atoms with Crippen molar-refractivity contribution in [3.05, 3.63) is 67.3 Å². The van der Waals surface area contributed by atoms with Gasteiger partial charge in [0.1, 0.15) is 24.5 Å². The summed E-state index contributed by atoms with van der Waals surface area (Å²) in [5.74, 6) is 0.670. The van der Waals surface area contributed by atoms with Crippen LogP contribution in [0, 0.1) is 5.41 Å². The molecule has 0 fully saturated rings. The van der Waals surface area contributed by atoms with Crippen LogP contribution in [0.4, 0.5) is 0 Å². The Balaban J connectivity index is 1.83. The number of aliphatic hydroxyl groups excluding tert-OH is 1. The highest BCUT2D eigenvalue weighted by Crippen LogP contribution is 2.31. The van der Waals surface area contributed by atoms with Gasteiger partial charge in [0.15, 0.2) is 0 Å². The number of rotatable bonds is 5. The summed E-state index contributed by atoms with van der Waals surface area (Å²) in [4.78, 5) is 3.96. The van der Waals surface area contributed by atoms with E-state index in [0.717, 1.165) is 11.1 Å². The summed E-state index contributed by atoms with van der Waals surface area (Å²) in [7, 11) is 0. The van der Waals surface area contributed by atoms with Crippen molar-refractivity contribution in [2.45, 2.75) is 33.1 Å². The molecule has 0 saturated carbocycles. The third-order valence-electron chi connectivity index (χ3n) is 4.07. The Kier molecular flexibility index (Phi) is 4.86. The molecule has 2 atom stereocenters. The van der Waals surface area contributed by atoms with Crippen LogP contribution in [0.15, 0.2) is 67.3 Å². The first-order valence-corrected chi connectivity index (χ1v) is 8.29. The van der Waals surface area contributed by atoms with Gasteiger partial charge in [-0.15, -0.1) is 0 Å². The van der Waals surface area contributed by atoms with Crippen LogP contribution >= 0.6 is 0 Å². The zero-order valence-corrected chi connectivity index (χ0v) is 14.7. The van der Waals surface area contributed by atoms with Crippen molar-refractivity contribution in [1.82, 2.24) is 14.8 Å². The monoisotopic (exact) mass is 337 g/mol. The summed E-state index contributed by atoms with van der Waals surface area (Å²) in [6.07, 6.45) is 1.59. The molecular weight excluding hydrogens is 314 g/mol. The standard InChI is InChI=1S/C20H23N3O2/c1-20(2,3)18(24)19(23-14-21-13-22-23)25-17-11-9-16(10-12-17)15-7-5-4-6-8-15/h4-14,18-19,24H,1-3H3/t18-,19-/m0/s1. The molecular formula is C20H23N3O2. The zero-order chi connectivity index (χ0) is 17.9. The van der Waals surface area contributed by atoms with E-state index in [-0.39, 0.29) is 5.41 Å². The van der Waals surface area contributed by atoms with Gasteiger partial charge in [0.05, 0.1) is 0 Å². The second-order valence-electron chi connectivity index (χ2n) is 7.09. The number of aliphatic hydroxyl groups is 1. The van der Waals surface area contributed by atoms with Crippen LogP contribution in [0.3, 0.4) is 0 Å². The Morgan fingerprint density at radius 2 is 1.60 bits per heavy atom. The molecule has 0 saturated heterocycles. The van der Waals surface area contributed by atoms with Gasteiger partial charge in [0.25, 0.3) is 0 Å². The Morgan fingerprint density at radius 3 is 2.16 bits per heavy atom. The van der Waals surface area contributed by atoms with E-state index in [4.69, 9.17) is 4.74 Å². The molecule has 0 spiro atoms. The Bertz CT molecular complexity index is 778. The molecule has 0 unspecified atom stereocenters. The maximum Gasteiger partial charge on any atom is 0.219 e. The van der Waals surface area contributed by atoms with Crippen LogP contribution in [0.25, 0.3) is 11.1 Å². The molecule has 0 aliphatic rings. The van der Waals surface area contributed by atoms with Crippen LogP contribution in [0.1, 0.15) is 27.0 Å². The number of benzene rings is 2. The number of nitrogens with zero attached hydrogens (tertiary/aromatic N) is 3. The van der Waals surface area contributed by atoms with Crippen LogP contribution in [-0.4, -0.2) is 26.0 Å². The molecule has 1 aromatic heterocycles. The molecule has 130 valence electrons. The van der Waals surface area contributed by atoms with Gasteiger partial charge in [-0.2, -0.15) is 5.10 Å². The number of aromatic nitrogens is 3. The first kappa shape index (κ1) is 17.2. The van der Waals surface area contributed by atoms with Crippen molar-refractivity contribution in [3.63, 3.8) is 0 Å². The molecule has 2 aromatic carbocycles. The third kappa shape index (κ3) is 4.06. The summed E-state index contributed by atoms with van der Waals surface area (Å²) >= 11 is 0. The quantitative estimate of drug-likeness (QED) is 0.766. The molecule has 0 bridgehead atoms. The van der Waals surface area contributed by atoms with E-state index in [1.54, 1.807) is 11.0 Å². The van der Waals surface area contributed by atoms with E-state index in [2.05, 4.69) is 22.2 Å². The Labute approximate surface area is 147 Å². The van der Waals surface area contributed by atoms with Crippen LogP contribution < -0.4 is 4.74 Å². The van der Waals surface area contributed by atoms with E-state index in [9.17, 15) is 5.11 Å². The van der Waals surface area contributed by atoms with E-state index in [0.29, 0.717) is 5.75 Å². The first-order chi connectivity index (χ1) is 11.9. The van der Waals surface area contributed by atoms with Gasteiger partial charge in [0, 0.05) is 0 Å². The second kappa shape index (κ2) is 7.07. The van der Waals surface area contributed by atoms with Gasteiger partial charge in [-0.25, -0.2) is 9.67 Å². The van der Waals surface area contributed by atoms with Gasteiger partial charge in [0.2, 0.25) is 6.23 Å². The maximum atomic E-state index is 10.7. The van der Waals surface area contributed by atoms with E-state index in [1.807, 2.05) is 63.2 Å². The summed E-state index contributed by atoms with van der Waals surface area (Å²) in [5.41, 5.74) is 1.90. The number of hydrogen-bond donors (Lipinski definition) is 1. The largest absolute Gasteiger partial charge is 0.466 e. The Morgan fingerprint density at radius 1 is 0.960 bits per heavy atom. The van der Waals surface area contributed by atoms with Gasteiger partial charge in [-0.1, -0.05) is 63.2 Å². The summed E-state index contributed by atoms with van der Waals surface area (Å²) < 4.78 is 7.59. The van der Waals surface area contributed by atoms with Crippen molar-refractivity contribution < 1.29 is 9.84 Å². The van der Waals surface area contributed by atoms with Gasteiger partial charge in [-0.3, -0.25) is 0 Å². The SMILES string of the molecule is CC(C)(C)[C@@H](O)[C@H](Oc1ccc(-c2ccccc2)cc1)n1cncn1. The van der Waals surface area contributed by atoms with Crippen molar-refractivity contribution in [3.8, 4) is 16.9 Å². The van der Waals surface area contributed by atoms with Crippen molar-refractivity contribution >= 4 is 0 Å². The second-order valence-corrected chi connectivity index (χ2v) is 7.09. The normalized spacial score (nSPS) is 14.1. The molecule has 0 aliphatic carbocycles. The van der Waals surface area contributed by atoms with Crippen molar-refractivity contribution in [1.29, 1.82) is 0 Å². The number of hydrogen-bond acceptors (Lipinski definition) is 4. The fourth-order valence-corrected chi connectivity index (χ4v) is 2.54. The lowest BCUT2D eigenvalue weighted by atomic mass is 9.88. The lowest BCUT2D eigenvalue weighted by molar-refractivity contribution is -0.0731. The molecule has 0 aliphatic heterocycles. The molecule has 3 rings (SSSR count). The fraction of sp³-hybridized carbons (Fsp3) is 0.300. The Hall–Kier alpha value is -2.66. The topological polar surface area (TPSA) is 60.2 Å². The average Bonchev–Trinajstić information content (AvgIpc) is 3.14. The third-order valence-corrected chi connectivity index (χ3v) is 4.07. The number of ether oxygens (including phenoxy) is 1. The van der Waals surface area contributed by atoms with Crippen LogP contribution in [-0.2, 0) is 0 Å². The summed E-state index contributed by atoms with van der Waals surface area (Å²) in [6.45, 7) is 5.89. The maximum absolute atomic E-state index is 10.7. The average molecular weight is 337 g/mol. The molecule has 3 aromatic rings. The highest BCUT2D eigenvalue weighted by atomic mass is 16.5. The molecule has 1 heterocycles. The zero-order valence-electron chi connectivity index (χ0n) is 14.7. The lowest BCUT2D eigenvalue weighted by Gasteiger charge is -2.32. The predicted octanol–water partition coefficient (Wildman–Crippen LogP) is 3.93. The van der Waals surface area contributed by atoms with Crippen LogP contribution in [0.2, 0.25) is 0 Å². The fourth-order valence-electron chi connectivity index (χ4n) is 2.54. The van der Waals surface area contributed by atoms with E-state index in [1.165, 1.54) is 6.33 Å². The highest BCUT2D eigenvalue weighted by molar-refractivity contribution is 5.63. The first-order valence-electron chi connectivity index (χ1n) is 8.29. The minimum absolute atomic E-state index is 0.361. The summed E-state index contributed by atoms with van der Waals surface area (Å²) in [6, 6.07) is 18.0. The van der Waals surface area contributed by atoms with Crippen molar-refractivity contribution in [2.75, 3.05) is 0 Å². The van der Waals surface area contributed by atoms with Gasteiger partial charge in [-0.05, 0) is 28.7 Å². The molecule has 0 radical (unpaired) electrons. The summed E-state index contributed by atoms with van der Waals surface area (Å²) in [5, 5.41) is 14.8. The minimum Gasteiger partial charge on any atom is -0.466 e. The highest BCUT2D eigenvalue weighted by Gasteiger charge is 2.34. The van der Waals surface area contributed by atoms with E-state index >= 15 is 0 Å². The van der Waals surface area contributed by atoms with Crippen molar-refractivity contribution in [2.24, 2.45) is 5.41 Å². The van der Waals surface area contributed by atoms with Crippen LogP contribution in [0.5, 0.6) is 5.75 Å². The molecule has 5 heteroatoms. The lowest BCUT2D eigenvalue weighted by Crippen LogP contribution is -2.38. The van der Waals surface area contributed by atoms with Gasteiger partial charge < -0.3 is 9.84 Å². The molecule has 1 N–H and O–H groups in total.